The third-order valence-electron chi connectivity index (χ3n) is 5.89. The normalized spacial score (nSPS) is 17.5. The number of nitrogens with zero attached hydrogens (tertiary/aromatic N) is 5. The van der Waals surface area contributed by atoms with Gasteiger partial charge in [-0.1, -0.05) is 30.3 Å². The molecule has 1 fully saturated rings. The zero-order valence-corrected chi connectivity index (χ0v) is 16.4. The van der Waals surface area contributed by atoms with E-state index >= 15 is 0 Å². The second kappa shape index (κ2) is 7.29. The lowest BCUT2D eigenvalue weighted by Crippen LogP contribution is -2.55. The summed E-state index contributed by atoms with van der Waals surface area (Å²) in [4.78, 5) is 9.56. The summed E-state index contributed by atoms with van der Waals surface area (Å²) in [6, 6.07) is 14.4. The molecule has 1 N–H and O–H groups in total. The summed E-state index contributed by atoms with van der Waals surface area (Å²) in [5, 5.41) is 8.16. The van der Waals surface area contributed by atoms with Gasteiger partial charge in [0.25, 0.3) is 0 Å². The fourth-order valence-electron chi connectivity index (χ4n) is 3.87. The van der Waals surface area contributed by atoms with Crippen LogP contribution < -0.4 is 5.32 Å². The molecule has 3 heterocycles. The van der Waals surface area contributed by atoms with E-state index in [0.717, 1.165) is 55.2 Å². The van der Waals surface area contributed by atoms with Crippen molar-refractivity contribution >= 4 is 11.5 Å². The molecule has 4 rings (SSSR count). The number of hydrogen-bond donors (Lipinski definition) is 1. The summed E-state index contributed by atoms with van der Waals surface area (Å²) in [6.45, 7) is 3.15. The predicted octanol–water partition coefficient (Wildman–Crippen LogP) is 2.83. The van der Waals surface area contributed by atoms with Gasteiger partial charge in [0.15, 0.2) is 5.65 Å². The van der Waals surface area contributed by atoms with Crippen LogP contribution in [0.3, 0.4) is 0 Å². The minimum Gasteiger partial charge on any atom is -0.368 e. The fourth-order valence-corrected chi connectivity index (χ4v) is 3.87. The number of likely N-dealkylation sites (tertiary alicyclic amines) is 1. The highest BCUT2D eigenvalue weighted by molar-refractivity contribution is 5.66. The molecule has 1 saturated heterocycles. The lowest BCUT2D eigenvalue weighted by atomic mass is 9.86. The number of fused-ring (bicyclic) bond motifs is 1. The van der Waals surface area contributed by atoms with E-state index in [-0.39, 0.29) is 5.54 Å². The molecule has 0 saturated carbocycles. The van der Waals surface area contributed by atoms with Crippen molar-refractivity contribution in [2.75, 3.05) is 46.1 Å². The van der Waals surface area contributed by atoms with Gasteiger partial charge in [0.1, 0.15) is 5.82 Å². The SMILES string of the molecule is CN1CCC(CNc2cc(-c3ccccc3)nc3ccnn23)(N(C)C)CC1. The van der Waals surface area contributed by atoms with Crippen molar-refractivity contribution in [3.8, 4) is 11.3 Å². The van der Waals surface area contributed by atoms with E-state index in [4.69, 9.17) is 4.98 Å². The number of piperidine rings is 1. The van der Waals surface area contributed by atoms with Crippen LogP contribution in [0.25, 0.3) is 16.9 Å². The van der Waals surface area contributed by atoms with Gasteiger partial charge in [-0.2, -0.15) is 9.61 Å². The molecule has 3 aromatic rings. The van der Waals surface area contributed by atoms with Gasteiger partial charge in [-0.25, -0.2) is 4.98 Å². The van der Waals surface area contributed by atoms with Crippen LogP contribution in [0, 0.1) is 0 Å². The van der Waals surface area contributed by atoms with E-state index in [1.807, 2.05) is 28.8 Å². The number of nitrogens with one attached hydrogen (secondary N) is 1. The van der Waals surface area contributed by atoms with E-state index < -0.39 is 0 Å². The Morgan fingerprint density at radius 2 is 1.85 bits per heavy atom. The van der Waals surface area contributed by atoms with Gasteiger partial charge in [-0.15, -0.1) is 0 Å². The van der Waals surface area contributed by atoms with Crippen molar-refractivity contribution in [2.45, 2.75) is 18.4 Å². The molecule has 0 atom stereocenters. The van der Waals surface area contributed by atoms with E-state index in [0.29, 0.717) is 0 Å². The standard InChI is InChI=1S/C21H28N6/c1-25(2)21(10-13-26(3)14-11-21)16-22-20-15-18(17-7-5-4-6-8-17)24-19-9-12-23-27(19)20/h4-9,12,15,22H,10-11,13-14,16H2,1-3H3. The lowest BCUT2D eigenvalue weighted by molar-refractivity contribution is 0.0773. The second-order valence-electron chi connectivity index (χ2n) is 7.77. The zero-order chi connectivity index (χ0) is 18.9. The molecule has 0 unspecified atom stereocenters. The van der Waals surface area contributed by atoms with E-state index in [9.17, 15) is 0 Å². The second-order valence-corrected chi connectivity index (χ2v) is 7.77. The largest absolute Gasteiger partial charge is 0.368 e. The Morgan fingerprint density at radius 3 is 2.56 bits per heavy atom. The average molecular weight is 364 g/mol. The number of benzene rings is 1. The monoisotopic (exact) mass is 364 g/mol. The number of hydrogen-bond acceptors (Lipinski definition) is 5. The molecule has 0 spiro atoms. The summed E-state index contributed by atoms with van der Waals surface area (Å²) in [6.07, 6.45) is 4.12. The average Bonchev–Trinajstić information content (AvgIpc) is 3.17. The van der Waals surface area contributed by atoms with Crippen molar-refractivity contribution in [3.63, 3.8) is 0 Å². The van der Waals surface area contributed by atoms with Crippen LogP contribution in [0.4, 0.5) is 5.82 Å². The first-order chi connectivity index (χ1) is 13.1. The van der Waals surface area contributed by atoms with Crippen molar-refractivity contribution < 1.29 is 0 Å². The quantitative estimate of drug-likeness (QED) is 0.754. The van der Waals surface area contributed by atoms with Gasteiger partial charge >= 0.3 is 0 Å². The first kappa shape index (κ1) is 17.9. The van der Waals surface area contributed by atoms with E-state index in [2.05, 4.69) is 59.6 Å². The highest BCUT2D eigenvalue weighted by Gasteiger charge is 2.35. The highest BCUT2D eigenvalue weighted by atomic mass is 15.3. The Morgan fingerprint density at radius 1 is 1.11 bits per heavy atom. The molecule has 1 aliphatic rings. The van der Waals surface area contributed by atoms with Crippen LogP contribution in [0.1, 0.15) is 12.8 Å². The first-order valence-electron chi connectivity index (χ1n) is 9.57. The molecule has 27 heavy (non-hydrogen) atoms. The van der Waals surface area contributed by atoms with E-state index in [1.54, 1.807) is 6.20 Å². The van der Waals surface area contributed by atoms with E-state index in [1.165, 1.54) is 0 Å². The molecule has 1 aromatic carbocycles. The maximum atomic E-state index is 4.77. The number of anilines is 1. The molecule has 0 radical (unpaired) electrons. The van der Waals surface area contributed by atoms with Crippen molar-refractivity contribution in [1.82, 2.24) is 24.4 Å². The fraction of sp³-hybridized carbons (Fsp3) is 0.429. The number of aromatic nitrogens is 3. The molecule has 6 heteroatoms. The maximum absolute atomic E-state index is 4.77. The van der Waals surface area contributed by atoms with Crippen molar-refractivity contribution in [1.29, 1.82) is 0 Å². The summed E-state index contributed by atoms with van der Waals surface area (Å²) in [5.74, 6) is 0.990. The summed E-state index contributed by atoms with van der Waals surface area (Å²) in [7, 11) is 6.59. The Kier molecular flexibility index (Phi) is 4.85. The summed E-state index contributed by atoms with van der Waals surface area (Å²) in [5.41, 5.74) is 3.10. The van der Waals surface area contributed by atoms with Crippen LogP contribution >= 0.6 is 0 Å². The van der Waals surface area contributed by atoms with Crippen LogP contribution in [0.15, 0.2) is 48.7 Å². The van der Waals surface area contributed by atoms with Crippen LogP contribution in [0.2, 0.25) is 0 Å². The number of likely N-dealkylation sites (N-methyl/N-ethyl adjacent to an activating group) is 1. The van der Waals surface area contributed by atoms with Gasteiger partial charge in [-0.05, 0) is 47.1 Å². The molecular weight excluding hydrogens is 336 g/mol. The molecule has 2 aromatic heterocycles. The maximum Gasteiger partial charge on any atom is 0.157 e. The van der Waals surface area contributed by atoms with Crippen molar-refractivity contribution in [3.05, 3.63) is 48.7 Å². The predicted molar refractivity (Wildman–Crippen MR) is 110 cm³/mol. The highest BCUT2D eigenvalue weighted by Crippen LogP contribution is 2.28. The first-order valence-corrected chi connectivity index (χ1v) is 9.57. The van der Waals surface area contributed by atoms with Gasteiger partial charge in [0.2, 0.25) is 0 Å². The topological polar surface area (TPSA) is 48.7 Å². The molecule has 0 bridgehead atoms. The molecule has 0 amide bonds. The summed E-state index contributed by atoms with van der Waals surface area (Å²) >= 11 is 0. The Labute approximate surface area is 160 Å². The van der Waals surface area contributed by atoms with Crippen LogP contribution in [-0.2, 0) is 0 Å². The molecule has 1 aliphatic heterocycles. The Hall–Kier alpha value is -2.44. The van der Waals surface area contributed by atoms with Crippen molar-refractivity contribution in [2.24, 2.45) is 0 Å². The van der Waals surface area contributed by atoms with Gasteiger partial charge in [0, 0.05) is 29.8 Å². The minimum absolute atomic E-state index is 0.155. The van der Waals surface area contributed by atoms with Gasteiger partial charge in [-0.3, -0.25) is 0 Å². The molecule has 0 aliphatic carbocycles. The van der Waals surface area contributed by atoms with Crippen LogP contribution in [-0.4, -0.2) is 70.7 Å². The third-order valence-corrected chi connectivity index (χ3v) is 5.89. The smallest absolute Gasteiger partial charge is 0.157 e. The summed E-state index contributed by atoms with van der Waals surface area (Å²) < 4.78 is 1.89. The molecular formula is C21H28N6. The van der Waals surface area contributed by atoms with Gasteiger partial charge in [0.05, 0.1) is 11.9 Å². The minimum atomic E-state index is 0.155. The van der Waals surface area contributed by atoms with Crippen LogP contribution in [0.5, 0.6) is 0 Å². The zero-order valence-electron chi connectivity index (χ0n) is 16.4. The number of rotatable bonds is 5. The Balaban J connectivity index is 1.64. The lowest BCUT2D eigenvalue weighted by Gasteiger charge is -2.45. The molecule has 142 valence electrons. The van der Waals surface area contributed by atoms with Gasteiger partial charge < -0.3 is 15.1 Å². The molecule has 6 nitrogen and oxygen atoms in total. The Bertz CT molecular complexity index is 893. The third kappa shape index (κ3) is 3.55.